The fourth-order valence-corrected chi connectivity index (χ4v) is 3.35. The molecule has 0 spiro atoms. The van der Waals surface area contributed by atoms with E-state index in [0.29, 0.717) is 26.1 Å². The van der Waals surface area contributed by atoms with Crippen molar-refractivity contribution in [3.05, 3.63) is 35.1 Å². The molecule has 2 aromatic rings. The topological polar surface area (TPSA) is 80.0 Å². The van der Waals surface area contributed by atoms with Gasteiger partial charge in [0.15, 0.2) is 0 Å². The summed E-state index contributed by atoms with van der Waals surface area (Å²) in [5.74, 6) is -1.18. The van der Waals surface area contributed by atoms with Crippen molar-refractivity contribution < 1.29 is 23.8 Å². The van der Waals surface area contributed by atoms with Crippen molar-refractivity contribution in [3.8, 4) is 0 Å². The van der Waals surface area contributed by atoms with Gasteiger partial charge in [-0.15, -0.1) is 0 Å². The van der Waals surface area contributed by atoms with Gasteiger partial charge in [-0.3, -0.25) is 9.59 Å². The molecule has 0 saturated carbocycles. The molecule has 1 fully saturated rings. The van der Waals surface area contributed by atoms with E-state index < -0.39 is 5.97 Å². The van der Waals surface area contributed by atoms with Gasteiger partial charge in [0.2, 0.25) is 5.91 Å². The van der Waals surface area contributed by atoms with E-state index >= 15 is 0 Å². The second kappa shape index (κ2) is 7.27. The second-order valence-electron chi connectivity index (χ2n) is 6.58. The van der Waals surface area contributed by atoms with E-state index in [1.165, 1.54) is 4.90 Å². The van der Waals surface area contributed by atoms with Crippen molar-refractivity contribution in [1.29, 1.82) is 0 Å². The zero-order valence-electron chi connectivity index (χ0n) is 14.6. The third-order valence-corrected chi connectivity index (χ3v) is 4.94. The van der Waals surface area contributed by atoms with Crippen LogP contribution in [0.3, 0.4) is 0 Å². The van der Waals surface area contributed by atoms with Gasteiger partial charge in [0.25, 0.3) is 0 Å². The van der Waals surface area contributed by atoms with E-state index in [0.717, 1.165) is 27.7 Å². The molecule has 6 heteroatoms. The first-order chi connectivity index (χ1) is 12.0. The van der Waals surface area contributed by atoms with Crippen LogP contribution in [0.2, 0.25) is 0 Å². The van der Waals surface area contributed by atoms with Gasteiger partial charge in [-0.25, -0.2) is 0 Å². The first-order valence-corrected chi connectivity index (χ1v) is 8.52. The molecule has 3 rings (SSSR count). The molecule has 0 aliphatic carbocycles. The van der Waals surface area contributed by atoms with E-state index in [2.05, 4.69) is 0 Å². The molecule has 1 N–H and O–H groups in total. The highest BCUT2D eigenvalue weighted by atomic mass is 16.5. The Morgan fingerprint density at radius 1 is 1.24 bits per heavy atom. The SMILES string of the molecule is Cc1ccc2c(CC(=O)N(CC(=O)O)C3CCOCC3)coc2c1C. The average Bonchev–Trinajstić information content (AvgIpc) is 3.00. The quantitative estimate of drug-likeness (QED) is 0.901. The number of carboxylic acids is 1. The van der Waals surface area contributed by atoms with E-state index in [1.54, 1.807) is 6.26 Å². The Hall–Kier alpha value is -2.34. The summed E-state index contributed by atoms with van der Waals surface area (Å²) in [4.78, 5) is 25.5. The number of aryl methyl sites for hydroxylation is 2. The highest BCUT2D eigenvalue weighted by Gasteiger charge is 2.28. The minimum Gasteiger partial charge on any atom is -0.480 e. The minimum absolute atomic E-state index is 0.0838. The number of hydrogen-bond donors (Lipinski definition) is 1. The molecule has 1 aliphatic rings. The lowest BCUT2D eigenvalue weighted by Gasteiger charge is -2.33. The fraction of sp³-hybridized carbons (Fsp3) is 0.474. The third-order valence-electron chi connectivity index (χ3n) is 4.94. The van der Waals surface area contributed by atoms with Gasteiger partial charge in [0, 0.05) is 30.2 Å². The summed E-state index contributed by atoms with van der Waals surface area (Å²) in [5, 5.41) is 10.1. The second-order valence-corrected chi connectivity index (χ2v) is 6.58. The molecule has 1 aliphatic heterocycles. The molecule has 0 radical (unpaired) electrons. The number of carbonyl (C=O) groups excluding carboxylic acids is 1. The number of nitrogens with zero attached hydrogens (tertiary/aromatic N) is 1. The van der Waals surface area contributed by atoms with Gasteiger partial charge in [-0.2, -0.15) is 0 Å². The summed E-state index contributed by atoms with van der Waals surface area (Å²) in [5.41, 5.74) is 3.78. The van der Waals surface area contributed by atoms with Crippen molar-refractivity contribution in [2.24, 2.45) is 0 Å². The molecule has 1 aromatic heterocycles. The standard InChI is InChI=1S/C19H23NO5/c1-12-3-4-16-14(11-25-19(16)13(12)2)9-17(21)20(10-18(22)23)15-5-7-24-8-6-15/h3-4,11,15H,5-10H2,1-2H3,(H,22,23). The van der Waals surface area contributed by atoms with Crippen LogP contribution in [0.25, 0.3) is 11.0 Å². The van der Waals surface area contributed by atoms with Gasteiger partial charge in [-0.1, -0.05) is 12.1 Å². The van der Waals surface area contributed by atoms with E-state index in [4.69, 9.17) is 9.15 Å². The minimum atomic E-state index is -0.997. The van der Waals surface area contributed by atoms with E-state index in [9.17, 15) is 14.7 Å². The predicted octanol–water partition coefficient (Wildman–Crippen LogP) is 2.68. The summed E-state index contributed by atoms with van der Waals surface area (Å²) in [6.45, 7) is 4.84. The average molecular weight is 345 g/mol. The lowest BCUT2D eigenvalue weighted by atomic mass is 10.0. The Morgan fingerprint density at radius 2 is 1.96 bits per heavy atom. The number of fused-ring (bicyclic) bond motifs is 1. The van der Waals surface area contributed by atoms with Crippen LogP contribution in [0.4, 0.5) is 0 Å². The fourth-order valence-electron chi connectivity index (χ4n) is 3.35. The van der Waals surface area contributed by atoms with Crippen molar-refractivity contribution in [1.82, 2.24) is 4.90 Å². The highest BCUT2D eigenvalue weighted by Crippen LogP contribution is 2.27. The Bertz CT molecular complexity index is 788. The van der Waals surface area contributed by atoms with Gasteiger partial charge in [0.05, 0.1) is 12.7 Å². The van der Waals surface area contributed by atoms with Crippen LogP contribution in [-0.2, 0) is 20.7 Å². The Kier molecular flexibility index (Phi) is 5.08. The van der Waals surface area contributed by atoms with Crippen molar-refractivity contribution in [2.45, 2.75) is 39.2 Å². The summed E-state index contributed by atoms with van der Waals surface area (Å²) in [6, 6.07) is 3.88. The maximum atomic E-state index is 12.8. The number of hydrogen-bond acceptors (Lipinski definition) is 4. The van der Waals surface area contributed by atoms with Crippen LogP contribution in [0, 0.1) is 13.8 Å². The molecule has 1 aromatic carbocycles. The maximum Gasteiger partial charge on any atom is 0.323 e. The summed E-state index contributed by atoms with van der Waals surface area (Å²) in [6.07, 6.45) is 3.09. The van der Waals surface area contributed by atoms with E-state index in [-0.39, 0.29) is 24.9 Å². The summed E-state index contributed by atoms with van der Waals surface area (Å²) < 4.78 is 11.0. The number of benzene rings is 1. The van der Waals surface area contributed by atoms with Crippen molar-refractivity contribution in [3.63, 3.8) is 0 Å². The number of rotatable bonds is 5. The third kappa shape index (κ3) is 3.69. The maximum absolute atomic E-state index is 12.8. The molecule has 1 saturated heterocycles. The van der Waals surface area contributed by atoms with Crippen LogP contribution < -0.4 is 0 Å². The Balaban J connectivity index is 1.83. The first-order valence-electron chi connectivity index (χ1n) is 8.52. The zero-order valence-corrected chi connectivity index (χ0v) is 14.6. The molecule has 0 unspecified atom stereocenters. The Labute approximate surface area is 146 Å². The molecule has 0 atom stereocenters. The number of carbonyl (C=O) groups is 2. The normalized spacial score (nSPS) is 15.4. The van der Waals surface area contributed by atoms with Gasteiger partial charge >= 0.3 is 5.97 Å². The van der Waals surface area contributed by atoms with Gasteiger partial charge in [-0.05, 0) is 37.8 Å². The van der Waals surface area contributed by atoms with Gasteiger partial charge in [0.1, 0.15) is 12.1 Å². The van der Waals surface area contributed by atoms with Crippen LogP contribution in [0.15, 0.2) is 22.8 Å². The molecule has 6 nitrogen and oxygen atoms in total. The summed E-state index contributed by atoms with van der Waals surface area (Å²) >= 11 is 0. The zero-order chi connectivity index (χ0) is 18.0. The Morgan fingerprint density at radius 3 is 2.64 bits per heavy atom. The summed E-state index contributed by atoms with van der Waals surface area (Å²) in [7, 11) is 0. The van der Waals surface area contributed by atoms with E-state index in [1.807, 2.05) is 26.0 Å². The monoisotopic (exact) mass is 345 g/mol. The highest BCUT2D eigenvalue weighted by molar-refractivity contribution is 5.90. The molecular weight excluding hydrogens is 322 g/mol. The van der Waals surface area contributed by atoms with Crippen LogP contribution in [0.1, 0.15) is 29.5 Å². The predicted molar refractivity (Wildman–Crippen MR) is 92.6 cm³/mol. The number of amides is 1. The van der Waals surface area contributed by atoms with Crippen molar-refractivity contribution >= 4 is 22.8 Å². The molecule has 0 bridgehead atoms. The largest absolute Gasteiger partial charge is 0.480 e. The van der Waals surface area contributed by atoms with Crippen LogP contribution >= 0.6 is 0 Å². The molecule has 2 heterocycles. The van der Waals surface area contributed by atoms with Gasteiger partial charge < -0.3 is 19.2 Å². The number of furan rings is 1. The van der Waals surface area contributed by atoms with Crippen molar-refractivity contribution in [2.75, 3.05) is 19.8 Å². The first kappa shape index (κ1) is 17.5. The smallest absolute Gasteiger partial charge is 0.323 e. The molecule has 134 valence electrons. The molecule has 25 heavy (non-hydrogen) atoms. The lowest BCUT2D eigenvalue weighted by molar-refractivity contribution is -0.147. The lowest BCUT2D eigenvalue weighted by Crippen LogP contribution is -2.46. The van der Waals surface area contributed by atoms with Crippen LogP contribution in [0.5, 0.6) is 0 Å². The number of carboxylic acid groups (broad SMARTS) is 1. The number of aliphatic carboxylic acids is 1. The number of ether oxygens (including phenoxy) is 1. The van der Waals surface area contributed by atoms with Crippen LogP contribution in [-0.4, -0.2) is 47.7 Å². The molecular formula is C19H23NO5. The molecule has 1 amide bonds.